The molecule has 2 aromatic rings. The second-order valence-electron chi connectivity index (χ2n) is 3.89. The van der Waals surface area contributed by atoms with Gasteiger partial charge in [-0.15, -0.1) is 10.2 Å². The maximum absolute atomic E-state index is 12.5. The van der Waals surface area contributed by atoms with Crippen LogP contribution in [0.3, 0.4) is 0 Å². The van der Waals surface area contributed by atoms with Crippen LogP contribution < -0.4 is 4.90 Å². The number of anilines is 1. The summed E-state index contributed by atoms with van der Waals surface area (Å²) >= 11 is 0.454. The highest BCUT2D eigenvalue weighted by Gasteiger charge is 2.36. The fraction of sp³-hybridized carbons (Fsp3) is 0.364. The van der Waals surface area contributed by atoms with Crippen LogP contribution in [0.5, 0.6) is 0 Å². The number of nitrogens with zero attached hydrogens (tertiary/aromatic N) is 4. The molecule has 2 heterocycles. The van der Waals surface area contributed by atoms with Gasteiger partial charge in [0, 0.05) is 25.5 Å². The lowest BCUT2D eigenvalue weighted by molar-refractivity contribution is -0.138. The summed E-state index contributed by atoms with van der Waals surface area (Å²) in [6, 6.07) is 3.52. The SMILES string of the molecule is OCCN(Cc1cccnc1)c1nnc(C(F)(F)F)s1. The molecule has 0 aromatic carbocycles. The van der Waals surface area contributed by atoms with E-state index in [0.717, 1.165) is 5.56 Å². The molecule has 0 fully saturated rings. The van der Waals surface area contributed by atoms with Gasteiger partial charge in [-0.1, -0.05) is 17.4 Å². The molecule has 20 heavy (non-hydrogen) atoms. The number of rotatable bonds is 5. The minimum absolute atomic E-state index is 0.121. The van der Waals surface area contributed by atoms with E-state index in [1.807, 2.05) is 0 Å². The van der Waals surface area contributed by atoms with Gasteiger partial charge in [-0.2, -0.15) is 13.2 Å². The number of aliphatic hydroxyl groups is 1. The lowest BCUT2D eigenvalue weighted by Crippen LogP contribution is -2.26. The summed E-state index contributed by atoms with van der Waals surface area (Å²) in [5, 5.41) is 14.8. The van der Waals surface area contributed by atoms with Gasteiger partial charge < -0.3 is 10.0 Å². The van der Waals surface area contributed by atoms with Crippen LogP contribution in [0.4, 0.5) is 18.3 Å². The summed E-state index contributed by atoms with van der Waals surface area (Å²) in [5.74, 6) is 0. The molecule has 0 amide bonds. The van der Waals surface area contributed by atoms with Crippen molar-refractivity contribution in [3.63, 3.8) is 0 Å². The number of halogens is 3. The molecule has 2 rings (SSSR count). The van der Waals surface area contributed by atoms with Crippen molar-refractivity contribution >= 4 is 16.5 Å². The third kappa shape index (κ3) is 3.64. The second-order valence-corrected chi connectivity index (χ2v) is 4.85. The third-order valence-electron chi connectivity index (χ3n) is 2.39. The zero-order valence-corrected chi connectivity index (χ0v) is 11.0. The Labute approximate surface area is 116 Å². The molecule has 0 aliphatic heterocycles. The van der Waals surface area contributed by atoms with E-state index in [1.165, 1.54) is 4.90 Å². The van der Waals surface area contributed by atoms with Gasteiger partial charge in [0.2, 0.25) is 10.1 Å². The zero-order chi connectivity index (χ0) is 14.6. The van der Waals surface area contributed by atoms with Crippen molar-refractivity contribution < 1.29 is 18.3 Å². The highest BCUT2D eigenvalue weighted by molar-refractivity contribution is 7.15. The first kappa shape index (κ1) is 14.7. The van der Waals surface area contributed by atoms with Crippen LogP contribution in [0.2, 0.25) is 0 Å². The van der Waals surface area contributed by atoms with Crippen molar-refractivity contribution in [3.05, 3.63) is 35.1 Å². The summed E-state index contributed by atoms with van der Waals surface area (Å²) in [4.78, 5) is 5.47. The number of aliphatic hydroxyl groups excluding tert-OH is 1. The molecule has 1 N–H and O–H groups in total. The predicted octanol–water partition coefficient (Wildman–Crippen LogP) is 1.95. The van der Waals surface area contributed by atoms with Gasteiger partial charge in [-0.3, -0.25) is 4.98 Å². The molecule has 0 aliphatic rings. The molecule has 0 bridgehead atoms. The van der Waals surface area contributed by atoms with E-state index in [1.54, 1.807) is 24.5 Å². The summed E-state index contributed by atoms with van der Waals surface area (Å²) < 4.78 is 37.5. The molecular weight excluding hydrogens is 293 g/mol. The van der Waals surface area contributed by atoms with Crippen LogP contribution in [0.25, 0.3) is 0 Å². The largest absolute Gasteiger partial charge is 0.445 e. The van der Waals surface area contributed by atoms with Crippen LogP contribution in [0.1, 0.15) is 10.6 Å². The van der Waals surface area contributed by atoms with Crippen LogP contribution in [0.15, 0.2) is 24.5 Å². The van der Waals surface area contributed by atoms with Crippen molar-refractivity contribution in [2.24, 2.45) is 0 Å². The standard InChI is InChI=1S/C11H11F3N4OS/c12-11(13,14)9-16-17-10(20-9)18(4-5-19)7-8-2-1-3-15-6-8/h1-3,6,19H,4-5,7H2. The molecule has 0 saturated heterocycles. The second kappa shape index (κ2) is 6.14. The molecule has 0 spiro atoms. The highest BCUT2D eigenvalue weighted by atomic mass is 32.1. The number of hydrogen-bond donors (Lipinski definition) is 1. The first-order chi connectivity index (χ1) is 9.50. The first-order valence-electron chi connectivity index (χ1n) is 5.66. The molecular formula is C11H11F3N4OS. The lowest BCUT2D eigenvalue weighted by Gasteiger charge is -2.19. The smallest absolute Gasteiger partial charge is 0.395 e. The van der Waals surface area contributed by atoms with Crippen molar-refractivity contribution in [1.29, 1.82) is 0 Å². The Bertz CT molecular complexity index is 546. The van der Waals surface area contributed by atoms with Crippen LogP contribution in [0, 0.1) is 0 Å². The minimum atomic E-state index is -4.50. The lowest BCUT2D eigenvalue weighted by atomic mass is 10.3. The molecule has 0 unspecified atom stereocenters. The van der Waals surface area contributed by atoms with Crippen molar-refractivity contribution in [3.8, 4) is 0 Å². The monoisotopic (exact) mass is 304 g/mol. The van der Waals surface area contributed by atoms with Gasteiger partial charge in [0.1, 0.15) is 0 Å². The molecule has 9 heteroatoms. The molecule has 0 radical (unpaired) electrons. The van der Waals surface area contributed by atoms with E-state index in [-0.39, 0.29) is 18.3 Å². The summed E-state index contributed by atoms with van der Waals surface area (Å²) in [6.45, 7) is 0.281. The number of pyridine rings is 1. The summed E-state index contributed by atoms with van der Waals surface area (Å²) in [6.07, 6.45) is -1.29. The first-order valence-corrected chi connectivity index (χ1v) is 6.48. The van der Waals surface area contributed by atoms with Gasteiger partial charge >= 0.3 is 6.18 Å². The van der Waals surface area contributed by atoms with Gasteiger partial charge in [-0.05, 0) is 11.6 Å². The molecule has 108 valence electrons. The topological polar surface area (TPSA) is 62.1 Å². The summed E-state index contributed by atoms with van der Waals surface area (Å²) in [5.41, 5.74) is 0.810. The Kier molecular flexibility index (Phi) is 4.50. The molecule has 5 nitrogen and oxygen atoms in total. The van der Waals surface area contributed by atoms with Crippen molar-refractivity contribution in [2.75, 3.05) is 18.1 Å². The molecule has 2 aromatic heterocycles. The van der Waals surface area contributed by atoms with Crippen LogP contribution in [-0.2, 0) is 12.7 Å². The fourth-order valence-corrected chi connectivity index (χ4v) is 2.27. The molecule has 0 saturated carbocycles. The Balaban J connectivity index is 2.18. The third-order valence-corrected chi connectivity index (χ3v) is 3.42. The Hall–Kier alpha value is -1.74. The highest BCUT2D eigenvalue weighted by Crippen LogP contribution is 2.34. The van der Waals surface area contributed by atoms with Gasteiger partial charge in [0.25, 0.3) is 0 Å². The average molecular weight is 304 g/mol. The fourth-order valence-electron chi connectivity index (χ4n) is 1.53. The van der Waals surface area contributed by atoms with Gasteiger partial charge in [-0.25, -0.2) is 0 Å². The van der Waals surface area contributed by atoms with E-state index < -0.39 is 11.2 Å². The van der Waals surface area contributed by atoms with E-state index in [2.05, 4.69) is 15.2 Å². The molecule has 0 aliphatic carbocycles. The van der Waals surface area contributed by atoms with Crippen LogP contribution >= 0.6 is 11.3 Å². The minimum Gasteiger partial charge on any atom is -0.395 e. The Morgan fingerprint density at radius 3 is 2.65 bits per heavy atom. The Morgan fingerprint density at radius 2 is 2.10 bits per heavy atom. The molecule has 0 atom stereocenters. The normalized spacial score (nSPS) is 11.6. The van der Waals surface area contributed by atoms with E-state index in [9.17, 15) is 13.2 Å². The van der Waals surface area contributed by atoms with Crippen molar-refractivity contribution in [2.45, 2.75) is 12.7 Å². The predicted molar refractivity (Wildman–Crippen MR) is 67.3 cm³/mol. The van der Waals surface area contributed by atoms with E-state index in [0.29, 0.717) is 17.9 Å². The van der Waals surface area contributed by atoms with Gasteiger partial charge in [0.05, 0.1) is 6.61 Å². The average Bonchev–Trinajstić information content (AvgIpc) is 2.89. The van der Waals surface area contributed by atoms with E-state index >= 15 is 0 Å². The quantitative estimate of drug-likeness (QED) is 0.915. The van der Waals surface area contributed by atoms with Crippen LogP contribution in [-0.4, -0.2) is 33.4 Å². The number of hydrogen-bond acceptors (Lipinski definition) is 6. The maximum Gasteiger partial charge on any atom is 0.445 e. The maximum atomic E-state index is 12.5. The zero-order valence-electron chi connectivity index (χ0n) is 10.2. The number of alkyl halides is 3. The van der Waals surface area contributed by atoms with E-state index in [4.69, 9.17) is 5.11 Å². The Morgan fingerprint density at radius 1 is 1.30 bits per heavy atom. The summed E-state index contributed by atoms with van der Waals surface area (Å²) in [7, 11) is 0. The number of aromatic nitrogens is 3. The van der Waals surface area contributed by atoms with Gasteiger partial charge in [0.15, 0.2) is 0 Å². The van der Waals surface area contributed by atoms with Crippen molar-refractivity contribution in [1.82, 2.24) is 15.2 Å².